The van der Waals surface area contributed by atoms with Crippen LogP contribution in [0.2, 0.25) is 0 Å². The van der Waals surface area contributed by atoms with E-state index >= 15 is 0 Å². The van der Waals surface area contributed by atoms with Gasteiger partial charge in [0.2, 0.25) is 5.91 Å². The summed E-state index contributed by atoms with van der Waals surface area (Å²) in [5.41, 5.74) is 5.47. The Balaban J connectivity index is 3.75. The molecule has 0 aromatic heterocycles. The maximum Gasteiger partial charge on any atom is 0.328 e. The number of nitrogens with two attached hydrogens (primary N) is 1. The Morgan fingerprint density at radius 3 is 2.03 bits per heavy atom. The molecule has 0 heterocycles. The lowest BCUT2D eigenvalue weighted by Crippen LogP contribution is -2.40. The van der Waals surface area contributed by atoms with Crippen molar-refractivity contribution < 1.29 is 14.3 Å². The van der Waals surface area contributed by atoms with Crippen molar-refractivity contribution in [2.45, 2.75) is 109 Å². The zero-order valence-electron chi connectivity index (χ0n) is 19.5. The highest BCUT2D eigenvalue weighted by molar-refractivity contribution is 5.91. The number of unbranched alkanes of at least 4 members (excludes halogenated alkanes) is 12. The molecule has 0 aromatic carbocycles. The van der Waals surface area contributed by atoms with E-state index in [0.29, 0.717) is 13.0 Å². The summed E-state index contributed by atoms with van der Waals surface area (Å²) >= 11 is 0. The minimum Gasteiger partial charge on any atom is -0.467 e. The highest BCUT2D eigenvalue weighted by Crippen LogP contribution is 2.12. The maximum absolute atomic E-state index is 12.0. The molecule has 5 heteroatoms. The average Bonchev–Trinajstić information content (AvgIpc) is 2.75. The summed E-state index contributed by atoms with van der Waals surface area (Å²) in [4.78, 5) is 23.7. The molecule has 0 unspecified atom stereocenters. The van der Waals surface area contributed by atoms with Crippen molar-refractivity contribution in [3.8, 4) is 0 Å². The highest BCUT2D eigenvalue weighted by Gasteiger charge is 2.19. The second kappa shape index (κ2) is 22.1. The molecule has 0 bridgehead atoms. The van der Waals surface area contributed by atoms with E-state index in [-0.39, 0.29) is 5.91 Å². The predicted molar refractivity (Wildman–Crippen MR) is 126 cm³/mol. The molecule has 0 saturated heterocycles. The molecule has 3 N–H and O–H groups in total. The van der Waals surface area contributed by atoms with Crippen LogP contribution in [-0.4, -0.2) is 31.6 Å². The fraction of sp³-hybridized carbons (Fsp3) is 0.760. The summed E-state index contributed by atoms with van der Waals surface area (Å²) in [6.45, 7) is 2.84. The molecule has 0 rings (SSSR count). The topological polar surface area (TPSA) is 81.4 Å². The van der Waals surface area contributed by atoms with E-state index in [4.69, 9.17) is 10.5 Å². The van der Waals surface area contributed by atoms with E-state index in [1.54, 1.807) is 6.08 Å². The molecular formula is C25H46N2O3. The Bertz CT molecular complexity index is 475. The van der Waals surface area contributed by atoms with E-state index in [1.165, 1.54) is 83.8 Å². The highest BCUT2D eigenvalue weighted by atomic mass is 16.5. The second-order valence-corrected chi connectivity index (χ2v) is 7.98. The quantitative estimate of drug-likeness (QED) is 0.116. The first-order chi connectivity index (χ1) is 14.7. The first-order valence-electron chi connectivity index (χ1n) is 12.1. The lowest BCUT2D eigenvalue weighted by Gasteiger charge is -2.15. The van der Waals surface area contributed by atoms with Crippen molar-refractivity contribution in [3.05, 3.63) is 24.3 Å². The number of esters is 1. The smallest absolute Gasteiger partial charge is 0.328 e. The molecule has 0 aliphatic heterocycles. The van der Waals surface area contributed by atoms with Gasteiger partial charge in [-0.05, 0) is 38.6 Å². The lowest BCUT2D eigenvalue weighted by atomic mass is 10.1. The number of hydrogen-bond donors (Lipinski definition) is 2. The van der Waals surface area contributed by atoms with Gasteiger partial charge >= 0.3 is 5.97 Å². The Kier molecular flexibility index (Phi) is 20.9. The van der Waals surface area contributed by atoms with E-state index in [2.05, 4.69) is 18.3 Å². The largest absolute Gasteiger partial charge is 0.467 e. The first-order valence-corrected chi connectivity index (χ1v) is 12.1. The van der Waals surface area contributed by atoms with Gasteiger partial charge in [-0.15, -0.1) is 0 Å². The molecule has 1 atom stereocenters. The van der Waals surface area contributed by atoms with E-state index in [1.807, 2.05) is 6.08 Å². The van der Waals surface area contributed by atoms with Gasteiger partial charge in [-0.2, -0.15) is 0 Å². The van der Waals surface area contributed by atoms with E-state index < -0.39 is 12.0 Å². The van der Waals surface area contributed by atoms with Crippen LogP contribution in [0, 0.1) is 0 Å². The molecule has 5 nitrogen and oxygen atoms in total. The number of nitrogens with one attached hydrogen (secondary N) is 1. The zero-order chi connectivity index (χ0) is 22.3. The van der Waals surface area contributed by atoms with Crippen LogP contribution in [0.1, 0.15) is 103 Å². The van der Waals surface area contributed by atoms with Gasteiger partial charge in [-0.1, -0.05) is 89.4 Å². The number of carbonyl (C=O) groups is 2. The predicted octanol–water partition coefficient (Wildman–Crippen LogP) is 5.59. The monoisotopic (exact) mass is 422 g/mol. The molecule has 1 amide bonds. The van der Waals surface area contributed by atoms with Gasteiger partial charge < -0.3 is 15.8 Å². The summed E-state index contributed by atoms with van der Waals surface area (Å²) in [6, 6.07) is -0.612. The van der Waals surface area contributed by atoms with Crippen LogP contribution in [0.15, 0.2) is 24.3 Å². The molecule has 0 aliphatic rings. The molecule has 30 heavy (non-hydrogen) atoms. The number of allylic oxidation sites excluding steroid dienone is 3. The van der Waals surface area contributed by atoms with Gasteiger partial charge in [0.15, 0.2) is 0 Å². The lowest BCUT2D eigenvalue weighted by molar-refractivity contribution is -0.144. The van der Waals surface area contributed by atoms with Gasteiger partial charge in [0.25, 0.3) is 0 Å². The van der Waals surface area contributed by atoms with Crippen LogP contribution < -0.4 is 11.1 Å². The fourth-order valence-electron chi connectivity index (χ4n) is 3.35. The first kappa shape index (κ1) is 28.4. The number of rotatable bonds is 20. The van der Waals surface area contributed by atoms with Gasteiger partial charge in [0, 0.05) is 6.08 Å². The van der Waals surface area contributed by atoms with Crippen molar-refractivity contribution in [2.75, 3.05) is 13.7 Å². The maximum atomic E-state index is 12.0. The fourth-order valence-corrected chi connectivity index (χ4v) is 3.35. The molecule has 0 saturated carbocycles. The SMILES string of the molecule is CCCCCCCCCCCCCC=CC=CC(=O)N[C@@H](CCCCN)C(=O)OC. The third kappa shape index (κ3) is 18.4. The van der Waals surface area contributed by atoms with Crippen LogP contribution >= 0.6 is 0 Å². The third-order valence-corrected chi connectivity index (χ3v) is 5.22. The van der Waals surface area contributed by atoms with Gasteiger partial charge in [-0.3, -0.25) is 4.79 Å². The standard InChI is InChI=1S/C25H46N2O3/c1-3-4-5-6-7-8-9-10-11-12-13-14-15-16-17-21-24(28)27-23(25(29)30-2)20-18-19-22-26/h15-17,21,23H,3-14,18-20,22,26H2,1-2H3,(H,27,28)/t23-/m0/s1. The van der Waals surface area contributed by atoms with Crippen LogP contribution in [0.4, 0.5) is 0 Å². The molecule has 0 aliphatic carbocycles. The molecule has 0 aromatic rings. The number of ether oxygens (including phenoxy) is 1. The van der Waals surface area contributed by atoms with E-state index in [9.17, 15) is 9.59 Å². The molecule has 0 fully saturated rings. The van der Waals surface area contributed by atoms with Crippen molar-refractivity contribution >= 4 is 11.9 Å². The minimum atomic E-state index is -0.612. The van der Waals surface area contributed by atoms with Crippen LogP contribution in [-0.2, 0) is 14.3 Å². The number of hydrogen-bond acceptors (Lipinski definition) is 4. The molecule has 174 valence electrons. The molecular weight excluding hydrogens is 376 g/mol. The Morgan fingerprint density at radius 1 is 0.867 bits per heavy atom. The summed E-state index contributed by atoms with van der Waals surface area (Å²) in [6.07, 6.45) is 25.2. The van der Waals surface area contributed by atoms with Crippen LogP contribution in [0.3, 0.4) is 0 Å². The Hall–Kier alpha value is -1.62. The van der Waals surface area contributed by atoms with Gasteiger partial charge in [0.1, 0.15) is 6.04 Å². The number of carbonyl (C=O) groups excluding carboxylic acids is 2. The average molecular weight is 423 g/mol. The Labute approximate surface area is 184 Å². The van der Waals surface area contributed by atoms with Crippen molar-refractivity contribution in [1.29, 1.82) is 0 Å². The van der Waals surface area contributed by atoms with Gasteiger partial charge in [-0.25, -0.2) is 4.79 Å². The van der Waals surface area contributed by atoms with Crippen molar-refractivity contribution in [2.24, 2.45) is 5.73 Å². The summed E-state index contributed by atoms with van der Waals surface area (Å²) in [7, 11) is 1.33. The van der Waals surface area contributed by atoms with Crippen LogP contribution in [0.5, 0.6) is 0 Å². The molecule has 0 radical (unpaired) electrons. The van der Waals surface area contributed by atoms with Crippen molar-refractivity contribution in [3.63, 3.8) is 0 Å². The summed E-state index contributed by atoms with van der Waals surface area (Å²) in [5, 5.41) is 2.70. The normalized spacial score (nSPS) is 12.5. The third-order valence-electron chi connectivity index (χ3n) is 5.22. The zero-order valence-corrected chi connectivity index (χ0v) is 19.5. The van der Waals surface area contributed by atoms with Crippen LogP contribution in [0.25, 0.3) is 0 Å². The van der Waals surface area contributed by atoms with E-state index in [0.717, 1.165) is 19.3 Å². The summed E-state index contributed by atoms with van der Waals surface area (Å²) in [5.74, 6) is -0.696. The summed E-state index contributed by atoms with van der Waals surface area (Å²) < 4.78 is 4.75. The number of amides is 1. The van der Waals surface area contributed by atoms with Gasteiger partial charge in [0.05, 0.1) is 7.11 Å². The van der Waals surface area contributed by atoms with Crippen molar-refractivity contribution in [1.82, 2.24) is 5.32 Å². The molecule has 0 spiro atoms. The number of methoxy groups -OCH3 is 1. The second-order valence-electron chi connectivity index (χ2n) is 7.98. The minimum absolute atomic E-state index is 0.280. The Morgan fingerprint density at radius 2 is 1.47 bits per heavy atom.